The number of carboxylic acid groups (broad SMARTS) is 1. The average molecular weight is 364 g/mol. The molecule has 146 valence electrons. The highest BCUT2D eigenvalue weighted by molar-refractivity contribution is 5.66. The summed E-state index contributed by atoms with van der Waals surface area (Å²) in [6, 6.07) is 0. The Kier molecular flexibility index (Phi) is 16.5. The predicted molar refractivity (Wildman–Crippen MR) is 105 cm³/mol. The molecule has 0 fully saturated rings. The molecule has 3 N–H and O–H groups in total. The van der Waals surface area contributed by atoms with Gasteiger partial charge in [0, 0.05) is 6.42 Å². The van der Waals surface area contributed by atoms with Crippen LogP contribution in [0.1, 0.15) is 51.9 Å². The minimum Gasteiger partial charge on any atom is -0.481 e. The van der Waals surface area contributed by atoms with E-state index in [4.69, 9.17) is 10.4 Å². The van der Waals surface area contributed by atoms with Crippen molar-refractivity contribution >= 4 is 5.97 Å². The molecular formula is C21H32O5. The Labute approximate surface area is 156 Å². The van der Waals surface area contributed by atoms with Gasteiger partial charge in [0.25, 0.3) is 0 Å². The fraction of sp³-hybridized carbons (Fsp3) is 0.476. The molecule has 5 nitrogen and oxygen atoms in total. The van der Waals surface area contributed by atoms with E-state index in [1.165, 1.54) is 0 Å². The molecule has 2 atom stereocenters. The largest absolute Gasteiger partial charge is 0.481 e. The van der Waals surface area contributed by atoms with Crippen LogP contribution in [-0.2, 0) is 9.68 Å². The van der Waals surface area contributed by atoms with Crippen LogP contribution < -0.4 is 0 Å². The molecule has 0 saturated heterocycles. The molecule has 0 aliphatic carbocycles. The summed E-state index contributed by atoms with van der Waals surface area (Å²) in [6.07, 6.45) is 22.6. The van der Waals surface area contributed by atoms with Crippen molar-refractivity contribution in [3.05, 3.63) is 60.8 Å². The summed E-state index contributed by atoms with van der Waals surface area (Å²) in [5.41, 5.74) is 0. The van der Waals surface area contributed by atoms with Gasteiger partial charge in [-0.05, 0) is 32.1 Å². The minimum absolute atomic E-state index is 0.0674. The number of carboxylic acids is 1. The highest BCUT2D eigenvalue weighted by atomic mass is 17.1. The highest BCUT2D eigenvalue weighted by Gasteiger charge is 2.05. The molecule has 0 heterocycles. The van der Waals surface area contributed by atoms with Crippen LogP contribution in [0.3, 0.4) is 0 Å². The van der Waals surface area contributed by atoms with Crippen LogP contribution in [0.2, 0.25) is 0 Å². The lowest BCUT2D eigenvalue weighted by molar-refractivity contribution is -0.267. The third-order valence-electron chi connectivity index (χ3n) is 3.46. The number of allylic oxidation sites excluding steroid dienone is 8. The van der Waals surface area contributed by atoms with E-state index in [9.17, 15) is 9.90 Å². The molecule has 0 aliphatic heterocycles. The smallest absolute Gasteiger partial charge is 0.303 e. The van der Waals surface area contributed by atoms with Gasteiger partial charge in [0.1, 0.15) is 6.10 Å². The summed E-state index contributed by atoms with van der Waals surface area (Å²) in [5, 5.41) is 26.8. The van der Waals surface area contributed by atoms with Crippen LogP contribution in [0.4, 0.5) is 0 Å². The summed E-state index contributed by atoms with van der Waals surface area (Å²) >= 11 is 0. The topological polar surface area (TPSA) is 87.0 Å². The lowest BCUT2D eigenvalue weighted by Gasteiger charge is -2.06. The van der Waals surface area contributed by atoms with Crippen LogP contribution >= 0.6 is 0 Å². The normalized spacial score (nSPS) is 15.2. The second-order valence-corrected chi connectivity index (χ2v) is 5.85. The molecule has 0 aliphatic rings. The summed E-state index contributed by atoms with van der Waals surface area (Å²) < 4.78 is 0. The highest BCUT2D eigenvalue weighted by Crippen LogP contribution is 2.06. The van der Waals surface area contributed by atoms with Gasteiger partial charge in [-0.15, -0.1) is 0 Å². The number of aliphatic carboxylic acids is 1. The molecule has 0 spiro atoms. The summed E-state index contributed by atoms with van der Waals surface area (Å²) in [5.74, 6) is -0.850. The molecular weight excluding hydrogens is 332 g/mol. The van der Waals surface area contributed by atoms with Crippen LogP contribution in [0.15, 0.2) is 60.8 Å². The van der Waals surface area contributed by atoms with Crippen LogP contribution in [-0.4, -0.2) is 33.6 Å². The number of hydrogen-bond acceptors (Lipinski definition) is 4. The first-order valence-electron chi connectivity index (χ1n) is 9.11. The van der Waals surface area contributed by atoms with Crippen molar-refractivity contribution in [1.29, 1.82) is 0 Å². The average Bonchev–Trinajstić information content (AvgIpc) is 2.61. The minimum atomic E-state index is -0.850. The standard InChI is InChI=1S/C21H32O5/c1-2-14-19(22)15-11-9-7-5-3-4-6-8-10-12-16-20(26-25)17-13-18-21(23)24/h3-4,7-12,15-16,19-20,22,25H,2,5-6,13-14,17-18H2,1H3,(H,23,24)/t19?,20-/m1/s1. The Morgan fingerprint density at radius 2 is 1.58 bits per heavy atom. The van der Waals surface area contributed by atoms with E-state index in [1.54, 1.807) is 18.2 Å². The van der Waals surface area contributed by atoms with Crippen LogP contribution in [0, 0.1) is 0 Å². The fourth-order valence-corrected chi connectivity index (χ4v) is 2.07. The number of rotatable bonds is 15. The van der Waals surface area contributed by atoms with E-state index < -0.39 is 12.1 Å². The van der Waals surface area contributed by atoms with Crippen molar-refractivity contribution in [3.63, 3.8) is 0 Å². The van der Waals surface area contributed by atoms with Crippen LogP contribution in [0.25, 0.3) is 0 Å². The molecule has 0 bridgehead atoms. The Morgan fingerprint density at radius 3 is 2.12 bits per heavy atom. The maximum Gasteiger partial charge on any atom is 0.303 e. The molecule has 0 rings (SSSR count). The van der Waals surface area contributed by atoms with Gasteiger partial charge in [-0.2, -0.15) is 0 Å². The Hall–Kier alpha value is -1.95. The van der Waals surface area contributed by atoms with E-state index in [0.29, 0.717) is 12.8 Å². The van der Waals surface area contributed by atoms with E-state index in [-0.39, 0.29) is 12.5 Å². The molecule has 0 aromatic heterocycles. The fourth-order valence-electron chi connectivity index (χ4n) is 2.07. The maximum atomic E-state index is 10.4. The van der Waals surface area contributed by atoms with E-state index >= 15 is 0 Å². The van der Waals surface area contributed by atoms with E-state index in [2.05, 4.69) is 17.0 Å². The lowest BCUT2D eigenvalue weighted by Crippen LogP contribution is -2.08. The quantitative estimate of drug-likeness (QED) is 0.168. The summed E-state index contributed by atoms with van der Waals surface area (Å²) in [4.78, 5) is 14.7. The predicted octanol–water partition coefficient (Wildman–Crippen LogP) is 4.82. The van der Waals surface area contributed by atoms with Crippen LogP contribution in [0.5, 0.6) is 0 Å². The molecule has 0 saturated carbocycles. The SMILES string of the molecule is CCCC(O)C=CC=CCC=CCC=CC=C[C@H](CCCC(=O)O)OO. The van der Waals surface area contributed by atoms with Gasteiger partial charge in [-0.25, -0.2) is 4.89 Å². The van der Waals surface area contributed by atoms with Gasteiger partial charge < -0.3 is 10.2 Å². The monoisotopic (exact) mass is 364 g/mol. The van der Waals surface area contributed by atoms with Gasteiger partial charge in [-0.1, -0.05) is 74.1 Å². The number of aliphatic hydroxyl groups is 1. The summed E-state index contributed by atoms with van der Waals surface area (Å²) in [7, 11) is 0. The zero-order valence-corrected chi connectivity index (χ0v) is 15.5. The molecule has 0 aromatic rings. The van der Waals surface area contributed by atoms with E-state index in [0.717, 1.165) is 25.7 Å². The second kappa shape index (κ2) is 17.9. The third kappa shape index (κ3) is 16.9. The van der Waals surface area contributed by atoms with Gasteiger partial charge >= 0.3 is 5.97 Å². The van der Waals surface area contributed by atoms with E-state index in [1.807, 2.05) is 37.3 Å². The van der Waals surface area contributed by atoms with Crippen molar-refractivity contribution in [1.82, 2.24) is 0 Å². The third-order valence-corrected chi connectivity index (χ3v) is 3.46. The second-order valence-electron chi connectivity index (χ2n) is 5.85. The zero-order valence-electron chi connectivity index (χ0n) is 15.5. The number of hydrogen-bond donors (Lipinski definition) is 3. The summed E-state index contributed by atoms with van der Waals surface area (Å²) in [6.45, 7) is 2.04. The molecule has 0 radical (unpaired) electrons. The molecule has 1 unspecified atom stereocenters. The first-order chi connectivity index (χ1) is 12.6. The van der Waals surface area contributed by atoms with Gasteiger partial charge in [0.15, 0.2) is 0 Å². The molecule has 0 amide bonds. The first-order valence-corrected chi connectivity index (χ1v) is 9.11. The molecule has 26 heavy (non-hydrogen) atoms. The Balaban J connectivity index is 3.86. The van der Waals surface area contributed by atoms with Gasteiger partial charge in [0.05, 0.1) is 6.10 Å². The first kappa shape index (κ1) is 24.1. The van der Waals surface area contributed by atoms with Crippen molar-refractivity contribution in [2.75, 3.05) is 0 Å². The van der Waals surface area contributed by atoms with Crippen molar-refractivity contribution < 1.29 is 25.2 Å². The molecule has 0 aromatic carbocycles. The van der Waals surface area contributed by atoms with Crippen molar-refractivity contribution in [2.24, 2.45) is 0 Å². The Morgan fingerprint density at radius 1 is 0.962 bits per heavy atom. The lowest BCUT2D eigenvalue weighted by atomic mass is 10.1. The van der Waals surface area contributed by atoms with Gasteiger partial charge in [0.2, 0.25) is 0 Å². The zero-order chi connectivity index (χ0) is 19.5. The maximum absolute atomic E-state index is 10.4. The van der Waals surface area contributed by atoms with Crippen molar-refractivity contribution in [2.45, 2.75) is 64.1 Å². The Bertz CT molecular complexity index is 489. The number of aliphatic hydroxyl groups excluding tert-OH is 1. The number of carbonyl (C=O) groups is 1. The van der Waals surface area contributed by atoms with Gasteiger partial charge in [-0.3, -0.25) is 10.1 Å². The molecule has 5 heteroatoms. The van der Waals surface area contributed by atoms with Crippen molar-refractivity contribution in [3.8, 4) is 0 Å².